The van der Waals surface area contributed by atoms with Gasteiger partial charge in [-0.05, 0) is 25.8 Å². The van der Waals surface area contributed by atoms with E-state index in [-0.39, 0.29) is 12.7 Å². The second kappa shape index (κ2) is 7.17. The number of aliphatic hydroxyl groups excluding tert-OH is 2. The van der Waals surface area contributed by atoms with Crippen molar-refractivity contribution < 1.29 is 14.9 Å². The van der Waals surface area contributed by atoms with Crippen LogP contribution in [-0.4, -0.2) is 60.7 Å². The minimum atomic E-state index is 0.00147. The third-order valence-electron chi connectivity index (χ3n) is 2.56. The normalized spacial score (nSPS) is 24.0. The van der Waals surface area contributed by atoms with E-state index < -0.39 is 0 Å². The molecule has 4 heteroatoms. The molecular formula is C10H21NO3. The summed E-state index contributed by atoms with van der Waals surface area (Å²) in [6, 6.07) is 0. The van der Waals surface area contributed by atoms with Gasteiger partial charge in [-0.15, -0.1) is 0 Å². The molecule has 1 aliphatic rings. The number of rotatable bonds is 6. The monoisotopic (exact) mass is 203 g/mol. The van der Waals surface area contributed by atoms with Gasteiger partial charge in [0.25, 0.3) is 0 Å². The van der Waals surface area contributed by atoms with Crippen molar-refractivity contribution in [3.8, 4) is 0 Å². The van der Waals surface area contributed by atoms with Gasteiger partial charge < -0.3 is 14.9 Å². The summed E-state index contributed by atoms with van der Waals surface area (Å²) in [5.74, 6) is 0. The molecule has 4 nitrogen and oxygen atoms in total. The van der Waals surface area contributed by atoms with Crippen molar-refractivity contribution in [2.45, 2.75) is 25.4 Å². The Bertz CT molecular complexity index is 143. The van der Waals surface area contributed by atoms with Crippen LogP contribution < -0.4 is 0 Å². The second-order valence-corrected chi connectivity index (χ2v) is 3.76. The third kappa shape index (κ3) is 4.37. The zero-order chi connectivity index (χ0) is 10.2. The van der Waals surface area contributed by atoms with E-state index in [0.29, 0.717) is 6.61 Å². The van der Waals surface area contributed by atoms with Gasteiger partial charge in [0.2, 0.25) is 0 Å². The Labute approximate surface area is 85.5 Å². The van der Waals surface area contributed by atoms with Crippen molar-refractivity contribution in [3.05, 3.63) is 0 Å². The molecular weight excluding hydrogens is 182 g/mol. The van der Waals surface area contributed by atoms with Gasteiger partial charge in [-0.2, -0.15) is 0 Å². The zero-order valence-corrected chi connectivity index (χ0v) is 8.69. The summed E-state index contributed by atoms with van der Waals surface area (Å²) >= 11 is 0. The first-order valence-electron chi connectivity index (χ1n) is 5.42. The SMILES string of the molecule is OCCCCCN1CCOC(CO)C1. The maximum absolute atomic E-state index is 8.93. The molecule has 1 unspecified atom stereocenters. The Morgan fingerprint density at radius 2 is 2.07 bits per heavy atom. The lowest BCUT2D eigenvalue weighted by Gasteiger charge is -2.31. The summed E-state index contributed by atoms with van der Waals surface area (Å²) in [5.41, 5.74) is 0. The van der Waals surface area contributed by atoms with Gasteiger partial charge in [-0.3, -0.25) is 4.90 Å². The Hall–Kier alpha value is -0.160. The molecule has 0 radical (unpaired) electrons. The van der Waals surface area contributed by atoms with Gasteiger partial charge in [0, 0.05) is 19.7 Å². The van der Waals surface area contributed by atoms with Gasteiger partial charge in [0.05, 0.1) is 19.3 Å². The van der Waals surface area contributed by atoms with Crippen LogP contribution in [0.1, 0.15) is 19.3 Å². The quantitative estimate of drug-likeness (QED) is 0.589. The van der Waals surface area contributed by atoms with Gasteiger partial charge in [0.1, 0.15) is 0 Å². The van der Waals surface area contributed by atoms with Crippen LogP contribution in [0.2, 0.25) is 0 Å². The van der Waals surface area contributed by atoms with E-state index in [4.69, 9.17) is 14.9 Å². The van der Waals surface area contributed by atoms with Crippen LogP contribution in [0.15, 0.2) is 0 Å². The second-order valence-electron chi connectivity index (χ2n) is 3.76. The summed E-state index contributed by atoms with van der Waals surface area (Å²) in [5, 5.41) is 17.6. The minimum absolute atomic E-state index is 0.00147. The number of hydrogen-bond acceptors (Lipinski definition) is 4. The summed E-state index contributed by atoms with van der Waals surface area (Å²) in [6.07, 6.45) is 3.10. The van der Waals surface area contributed by atoms with E-state index in [9.17, 15) is 0 Å². The lowest BCUT2D eigenvalue weighted by atomic mass is 10.2. The van der Waals surface area contributed by atoms with Crippen LogP contribution in [0.25, 0.3) is 0 Å². The van der Waals surface area contributed by atoms with Crippen molar-refractivity contribution in [2.24, 2.45) is 0 Å². The molecule has 0 amide bonds. The molecule has 1 heterocycles. The van der Waals surface area contributed by atoms with E-state index in [0.717, 1.165) is 45.5 Å². The molecule has 0 aromatic rings. The van der Waals surface area contributed by atoms with Crippen molar-refractivity contribution in [1.82, 2.24) is 4.90 Å². The van der Waals surface area contributed by atoms with E-state index in [1.54, 1.807) is 0 Å². The lowest BCUT2D eigenvalue weighted by Crippen LogP contribution is -2.44. The highest BCUT2D eigenvalue weighted by molar-refractivity contribution is 4.70. The highest BCUT2D eigenvalue weighted by Gasteiger charge is 2.18. The highest BCUT2D eigenvalue weighted by atomic mass is 16.5. The average Bonchev–Trinajstić information content (AvgIpc) is 2.25. The molecule has 0 spiro atoms. The first kappa shape index (κ1) is 11.9. The molecule has 0 bridgehead atoms. The summed E-state index contributed by atoms with van der Waals surface area (Å²) in [4.78, 5) is 2.32. The number of unbranched alkanes of at least 4 members (excludes halogenated alkanes) is 2. The Morgan fingerprint density at radius 1 is 1.21 bits per heavy atom. The Kier molecular flexibility index (Phi) is 6.10. The van der Waals surface area contributed by atoms with Crippen LogP contribution in [0.3, 0.4) is 0 Å². The van der Waals surface area contributed by atoms with Crippen LogP contribution >= 0.6 is 0 Å². The highest BCUT2D eigenvalue weighted by Crippen LogP contribution is 2.06. The first-order chi connectivity index (χ1) is 6.86. The molecule has 0 aliphatic carbocycles. The molecule has 1 atom stereocenters. The summed E-state index contributed by atoms with van der Waals surface area (Å²) in [7, 11) is 0. The van der Waals surface area contributed by atoms with Crippen molar-refractivity contribution in [1.29, 1.82) is 0 Å². The van der Waals surface area contributed by atoms with Gasteiger partial charge in [0.15, 0.2) is 0 Å². The standard InChI is InChI=1S/C10H21NO3/c12-6-3-1-2-4-11-5-7-14-10(8-11)9-13/h10,12-13H,1-9H2. The summed E-state index contributed by atoms with van der Waals surface area (Å²) in [6.45, 7) is 4.01. The molecule has 14 heavy (non-hydrogen) atoms. The van der Waals surface area contributed by atoms with Gasteiger partial charge in [-0.25, -0.2) is 0 Å². The number of ether oxygens (including phenoxy) is 1. The minimum Gasteiger partial charge on any atom is -0.396 e. The molecule has 0 aromatic heterocycles. The smallest absolute Gasteiger partial charge is 0.0932 e. The van der Waals surface area contributed by atoms with Gasteiger partial charge in [-0.1, -0.05) is 0 Å². The van der Waals surface area contributed by atoms with Crippen molar-refractivity contribution in [2.75, 3.05) is 39.5 Å². The zero-order valence-electron chi connectivity index (χ0n) is 8.69. The Morgan fingerprint density at radius 3 is 2.79 bits per heavy atom. The number of hydrogen-bond donors (Lipinski definition) is 2. The molecule has 1 aliphatic heterocycles. The van der Waals surface area contributed by atoms with Crippen LogP contribution in [0, 0.1) is 0 Å². The van der Waals surface area contributed by atoms with Crippen LogP contribution in [-0.2, 0) is 4.74 Å². The number of nitrogens with zero attached hydrogens (tertiary/aromatic N) is 1. The molecule has 1 fully saturated rings. The molecule has 84 valence electrons. The fourth-order valence-corrected chi connectivity index (χ4v) is 1.72. The predicted molar refractivity (Wildman–Crippen MR) is 54.2 cm³/mol. The third-order valence-corrected chi connectivity index (χ3v) is 2.56. The maximum Gasteiger partial charge on any atom is 0.0932 e. The molecule has 0 saturated carbocycles. The molecule has 1 rings (SSSR count). The fraction of sp³-hybridized carbons (Fsp3) is 1.00. The van der Waals surface area contributed by atoms with Gasteiger partial charge >= 0.3 is 0 Å². The number of morpholine rings is 1. The lowest BCUT2D eigenvalue weighted by molar-refractivity contribution is -0.0529. The molecule has 1 saturated heterocycles. The topological polar surface area (TPSA) is 52.9 Å². The molecule has 0 aromatic carbocycles. The number of aliphatic hydroxyl groups is 2. The molecule has 2 N–H and O–H groups in total. The van der Waals surface area contributed by atoms with Crippen LogP contribution in [0.5, 0.6) is 0 Å². The van der Waals surface area contributed by atoms with Crippen molar-refractivity contribution >= 4 is 0 Å². The van der Waals surface area contributed by atoms with E-state index in [2.05, 4.69) is 4.90 Å². The summed E-state index contributed by atoms with van der Waals surface area (Å²) < 4.78 is 5.35. The maximum atomic E-state index is 8.93. The average molecular weight is 203 g/mol. The first-order valence-corrected chi connectivity index (χ1v) is 5.42. The fourth-order valence-electron chi connectivity index (χ4n) is 1.72. The van der Waals surface area contributed by atoms with Crippen LogP contribution in [0.4, 0.5) is 0 Å². The Balaban J connectivity index is 2.05. The van der Waals surface area contributed by atoms with E-state index in [1.165, 1.54) is 0 Å². The van der Waals surface area contributed by atoms with Crippen molar-refractivity contribution in [3.63, 3.8) is 0 Å². The van der Waals surface area contributed by atoms with E-state index in [1.807, 2.05) is 0 Å². The largest absolute Gasteiger partial charge is 0.396 e. The van der Waals surface area contributed by atoms with E-state index >= 15 is 0 Å². The predicted octanol–water partition coefficient (Wildman–Crippen LogP) is -0.158.